The highest BCUT2D eigenvalue weighted by atomic mass is 35.5. The van der Waals surface area contributed by atoms with Crippen molar-refractivity contribution < 1.29 is 4.79 Å². The number of hydrogen-bond acceptors (Lipinski definition) is 4. The monoisotopic (exact) mass is 386 g/mol. The molecule has 0 saturated carbocycles. The molecule has 0 aliphatic rings. The van der Waals surface area contributed by atoms with Crippen LogP contribution in [0.2, 0.25) is 10.0 Å². The Balaban J connectivity index is 1.67. The van der Waals surface area contributed by atoms with E-state index in [0.717, 1.165) is 5.56 Å². The number of amides is 1. The number of nitrogens with zero attached hydrogens (tertiary/aromatic N) is 3. The van der Waals surface area contributed by atoms with E-state index in [4.69, 9.17) is 23.2 Å². The van der Waals surface area contributed by atoms with E-state index in [1.807, 2.05) is 42.3 Å². The molecular formula is C19H16Cl2N4O. The molecule has 1 heterocycles. The van der Waals surface area contributed by atoms with Crippen LogP contribution in [0.25, 0.3) is 0 Å². The van der Waals surface area contributed by atoms with Gasteiger partial charge in [-0.05, 0) is 23.8 Å². The van der Waals surface area contributed by atoms with E-state index in [0.29, 0.717) is 28.1 Å². The number of carbonyl (C=O) groups is 1. The Morgan fingerprint density at radius 1 is 1.04 bits per heavy atom. The molecule has 5 nitrogen and oxygen atoms in total. The summed E-state index contributed by atoms with van der Waals surface area (Å²) in [5.41, 5.74) is 1.87. The van der Waals surface area contributed by atoms with Gasteiger partial charge < -0.3 is 10.2 Å². The molecule has 0 aliphatic heterocycles. The number of anilines is 2. The van der Waals surface area contributed by atoms with Crippen molar-refractivity contribution in [3.8, 4) is 0 Å². The summed E-state index contributed by atoms with van der Waals surface area (Å²) in [6.07, 6.45) is 3.01. The average Bonchev–Trinajstić information content (AvgIpc) is 2.62. The molecule has 3 rings (SSSR count). The van der Waals surface area contributed by atoms with E-state index in [-0.39, 0.29) is 11.6 Å². The average molecular weight is 387 g/mol. The van der Waals surface area contributed by atoms with Crippen molar-refractivity contribution >= 4 is 40.6 Å². The Hall–Kier alpha value is -2.63. The number of nitrogens with one attached hydrogen (secondary N) is 1. The molecule has 3 aromatic rings. The quantitative estimate of drug-likeness (QED) is 0.691. The van der Waals surface area contributed by atoms with Gasteiger partial charge in [-0.3, -0.25) is 4.79 Å². The zero-order valence-electron chi connectivity index (χ0n) is 14.0. The molecule has 1 aromatic heterocycles. The van der Waals surface area contributed by atoms with E-state index in [1.165, 1.54) is 6.20 Å². The molecule has 7 heteroatoms. The first kappa shape index (κ1) is 18.2. The molecule has 26 heavy (non-hydrogen) atoms. The minimum atomic E-state index is -0.381. The maximum atomic E-state index is 12.3. The molecule has 1 N–H and O–H groups in total. The summed E-state index contributed by atoms with van der Waals surface area (Å²) in [4.78, 5) is 22.8. The Labute approximate surface area is 161 Å². The molecule has 0 bridgehead atoms. The lowest BCUT2D eigenvalue weighted by Crippen LogP contribution is -2.19. The summed E-state index contributed by atoms with van der Waals surface area (Å²) in [6.45, 7) is 0.697. The fourth-order valence-electron chi connectivity index (χ4n) is 2.40. The molecule has 0 fully saturated rings. The zero-order valence-corrected chi connectivity index (χ0v) is 15.5. The number of aromatic nitrogens is 2. The summed E-state index contributed by atoms with van der Waals surface area (Å²) in [7, 11) is 1.92. The third kappa shape index (κ3) is 4.71. The minimum absolute atomic E-state index is 0.206. The third-order valence-electron chi connectivity index (χ3n) is 3.64. The van der Waals surface area contributed by atoms with Gasteiger partial charge in [0.25, 0.3) is 5.91 Å². The molecule has 0 aliphatic carbocycles. The van der Waals surface area contributed by atoms with Gasteiger partial charge in [-0.1, -0.05) is 53.5 Å². The van der Waals surface area contributed by atoms with E-state index in [1.54, 1.807) is 24.4 Å². The highest BCUT2D eigenvalue weighted by Crippen LogP contribution is 2.22. The standard InChI is InChI=1S/C19H16Cl2N4O/c1-25(12-13-5-3-2-4-6-13)18-11-22-17(10-23-18)19(26)24-16-8-14(20)7-15(21)9-16/h2-11H,12H2,1H3,(H,24,26). The molecule has 0 spiro atoms. The molecule has 0 unspecified atom stereocenters. The molecule has 1 amide bonds. The molecule has 0 saturated heterocycles. The number of hydrogen-bond donors (Lipinski definition) is 1. The second kappa shape index (κ2) is 8.17. The fourth-order valence-corrected chi connectivity index (χ4v) is 2.92. The second-order valence-corrected chi connectivity index (χ2v) is 6.59. The summed E-state index contributed by atoms with van der Waals surface area (Å²) in [5.74, 6) is 0.296. The first-order valence-electron chi connectivity index (χ1n) is 7.86. The Morgan fingerprint density at radius 2 is 1.73 bits per heavy atom. The molecule has 0 radical (unpaired) electrons. The van der Waals surface area contributed by atoms with Gasteiger partial charge in [0.15, 0.2) is 0 Å². The van der Waals surface area contributed by atoms with Crippen LogP contribution in [-0.4, -0.2) is 22.9 Å². The molecule has 132 valence electrons. The number of benzene rings is 2. The lowest BCUT2D eigenvalue weighted by molar-refractivity contribution is 0.102. The second-order valence-electron chi connectivity index (χ2n) is 5.71. The van der Waals surface area contributed by atoms with Gasteiger partial charge in [-0.2, -0.15) is 0 Å². The van der Waals surface area contributed by atoms with Crippen molar-refractivity contribution in [3.05, 3.63) is 82.2 Å². The maximum Gasteiger partial charge on any atom is 0.275 e. The van der Waals surface area contributed by atoms with Crippen LogP contribution in [0.4, 0.5) is 11.5 Å². The van der Waals surface area contributed by atoms with Crippen LogP contribution in [0.15, 0.2) is 60.9 Å². The van der Waals surface area contributed by atoms with Gasteiger partial charge in [0.1, 0.15) is 11.5 Å². The van der Waals surface area contributed by atoms with Crippen LogP contribution in [0.3, 0.4) is 0 Å². The third-order valence-corrected chi connectivity index (χ3v) is 4.08. The number of carbonyl (C=O) groups excluding carboxylic acids is 1. The summed E-state index contributed by atoms with van der Waals surface area (Å²) < 4.78 is 0. The largest absolute Gasteiger partial charge is 0.354 e. The Morgan fingerprint density at radius 3 is 2.35 bits per heavy atom. The summed E-state index contributed by atoms with van der Waals surface area (Å²) in [6, 6.07) is 14.9. The molecule has 0 atom stereocenters. The normalized spacial score (nSPS) is 10.4. The SMILES string of the molecule is CN(Cc1ccccc1)c1cnc(C(=O)Nc2cc(Cl)cc(Cl)c2)cn1. The highest BCUT2D eigenvalue weighted by molar-refractivity contribution is 6.35. The zero-order chi connectivity index (χ0) is 18.5. The van der Waals surface area contributed by atoms with Gasteiger partial charge in [-0.15, -0.1) is 0 Å². The topological polar surface area (TPSA) is 58.1 Å². The minimum Gasteiger partial charge on any atom is -0.354 e. The number of halogens is 2. The van der Waals surface area contributed by atoms with Crippen molar-refractivity contribution in [2.24, 2.45) is 0 Å². The van der Waals surface area contributed by atoms with Gasteiger partial charge in [0.05, 0.1) is 12.4 Å². The maximum absolute atomic E-state index is 12.3. The van der Waals surface area contributed by atoms with Crippen LogP contribution >= 0.6 is 23.2 Å². The smallest absolute Gasteiger partial charge is 0.275 e. The van der Waals surface area contributed by atoms with Crippen molar-refractivity contribution in [1.29, 1.82) is 0 Å². The predicted octanol–water partition coefficient (Wildman–Crippen LogP) is 4.67. The first-order chi connectivity index (χ1) is 12.5. The molecule has 2 aromatic carbocycles. The van der Waals surface area contributed by atoms with Crippen molar-refractivity contribution in [3.63, 3.8) is 0 Å². The lowest BCUT2D eigenvalue weighted by Gasteiger charge is -2.17. The Bertz CT molecular complexity index is 881. The predicted molar refractivity (Wildman–Crippen MR) is 105 cm³/mol. The number of rotatable bonds is 5. The van der Waals surface area contributed by atoms with Gasteiger partial charge in [0.2, 0.25) is 0 Å². The van der Waals surface area contributed by atoms with Crippen LogP contribution in [0.5, 0.6) is 0 Å². The summed E-state index contributed by atoms with van der Waals surface area (Å²) in [5, 5.41) is 3.59. The fraction of sp³-hybridized carbons (Fsp3) is 0.105. The van der Waals surface area contributed by atoms with Gasteiger partial charge in [-0.25, -0.2) is 9.97 Å². The van der Waals surface area contributed by atoms with Crippen LogP contribution in [-0.2, 0) is 6.54 Å². The first-order valence-corrected chi connectivity index (χ1v) is 8.61. The van der Waals surface area contributed by atoms with Crippen LogP contribution in [0, 0.1) is 0 Å². The highest BCUT2D eigenvalue weighted by Gasteiger charge is 2.11. The Kier molecular flexibility index (Phi) is 5.71. The van der Waals surface area contributed by atoms with E-state index < -0.39 is 0 Å². The van der Waals surface area contributed by atoms with Crippen molar-refractivity contribution in [1.82, 2.24) is 9.97 Å². The van der Waals surface area contributed by atoms with E-state index in [9.17, 15) is 4.79 Å². The molecular weight excluding hydrogens is 371 g/mol. The van der Waals surface area contributed by atoms with Gasteiger partial charge >= 0.3 is 0 Å². The van der Waals surface area contributed by atoms with E-state index in [2.05, 4.69) is 15.3 Å². The van der Waals surface area contributed by atoms with Crippen LogP contribution < -0.4 is 10.2 Å². The van der Waals surface area contributed by atoms with E-state index >= 15 is 0 Å². The van der Waals surface area contributed by atoms with Crippen LogP contribution in [0.1, 0.15) is 16.1 Å². The van der Waals surface area contributed by atoms with Crippen molar-refractivity contribution in [2.45, 2.75) is 6.54 Å². The summed E-state index contributed by atoms with van der Waals surface area (Å²) >= 11 is 11.9. The van der Waals surface area contributed by atoms with Gasteiger partial charge in [0, 0.05) is 29.3 Å². The lowest BCUT2D eigenvalue weighted by atomic mass is 10.2. The van der Waals surface area contributed by atoms with Crippen molar-refractivity contribution in [2.75, 3.05) is 17.3 Å².